The lowest BCUT2D eigenvalue weighted by Gasteiger charge is -2.14. The summed E-state index contributed by atoms with van der Waals surface area (Å²) in [6, 6.07) is 59.3. The van der Waals surface area contributed by atoms with Gasteiger partial charge in [0, 0.05) is 21.9 Å². The third-order valence-corrected chi connectivity index (χ3v) is 9.19. The molecule has 0 saturated heterocycles. The molecule has 2 heterocycles. The second kappa shape index (κ2) is 12.7. The standard InChI is InChI=1S/C46H28N4O/c47-29-30-21-23-32(24-22-30)34-15-9-17-36(27-34)38-25-26-40-39-19-7-8-20-41(39)51-43(40)42(38)46-49-44(33-13-5-2-6-14-33)48-45(50-46)37-18-10-16-35(28-37)31-11-3-1-4-12-31/h1-28H. The van der Waals surface area contributed by atoms with Gasteiger partial charge in [-0.3, -0.25) is 0 Å². The van der Waals surface area contributed by atoms with Crippen molar-refractivity contribution in [2.24, 2.45) is 0 Å². The number of para-hydroxylation sites is 1. The SMILES string of the molecule is N#Cc1ccc(-c2cccc(-c3ccc4c(oc5ccccc54)c3-c3nc(-c4ccccc4)nc(-c4cccc(-c5ccccc5)c4)n3)c2)cc1. The Labute approximate surface area is 294 Å². The Hall–Kier alpha value is -7.16. The van der Waals surface area contributed by atoms with E-state index in [1.807, 2.05) is 103 Å². The highest BCUT2D eigenvalue weighted by atomic mass is 16.3. The highest BCUT2D eigenvalue weighted by Gasteiger charge is 2.22. The highest BCUT2D eigenvalue weighted by molar-refractivity contribution is 6.12. The molecule has 7 aromatic carbocycles. The van der Waals surface area contributed by atoms with Crippen LogP contribution < -0.4 is 0 Å². The quantitative estimate of drug-likeness (QED) is 0.179. The Bertz CT molecular complexity index is 2750. The van der Waals surface area contributed by atoms with Crippen LogP contribution in [-0.2, 0) is 0 Å². The van der Waals surface area contributed by atoms with Crippen LogP contribution in [-0.4, -0.2) is 15.0 Å². The zero-order valence-electron chi connectivity index (χ0n) is 27.4. The molecular formula is C46H28N4O. The predicted octanol–water partition coefficient (Wildman–Crippen LogP) is 11.6. The molecule has 51 heavy (non-hydrogen) atoms. The van der Waals surface area contributed by atoms with Gasteiger partial charge in [-0.2, -0.15) is 5.26 Å². The summed E-state index contributed by atoms with van der Waals surface area (Å²) >= 11 is 0. The number of nitrogens with zero attached hydrogens (tertiary/aromatic N) is 4. The molecule has 0 aliphatic carbocycles. The second-order valence-electron chi connectivity index (χ2n) is 12.4. The average molecular weight is 653 g/mol. The summed E-state index contributed by atoms with van der Waals surface area (Å²) in [5, 5.41) is 11.4. The van der Waals surface area contributed by atoms with E-state index >= 15 is 0 Å². The van der Waals surface area contributed by atoms with E-state index in [1.54, 1.807) is 0 Å². The van der Waals surface area contributed by atoms with Crippen LogP contribution in [0.4, 0.5) is 0 Å². The van der Waals surface area contributed by atoms with Crippen molar-refractivity contribution in [3.05, 3.63) is 175 Å². The van der Waals surface area contributed by atoms with Crippen LogP contribution in [0.25, 0.3) is 89.5 Å². The van der Waals surface area contributed by atoms with Crippen LogP contribution in [0.15, 0.2) is 174 Å². The van der Waals surface area contributed by atoms with Crippen LogP contribution in [0, 0.1) is 11.3 Å². The van der Waals surface area contributed by atoms with Gasteiger partial charge in [0.2, 0.25) is 0 Å². The number of hydrogen-bond donors (Lipinski definition) is 0. The molecule has 9 aromatic rings. The number of aromatic nitrogens is 3. The minimum atomic E-state index is 0.521. The van der Waals surface area contributed by atoms with Crippen molar-refractivity contribution in [2.45, 2.75) is 0 Å². The van der Waals surface area contributed by atoms with Crippen molar-refractivity contribution < 1.29 is 4.42 Å². The molecule has 0 bridgehead atoms. The van der Waals surface area contributed by atoms with Crippen molar-refractivity contribution in [2.75, 3.05) is 0 Å². The van der Waals surface area contributed by atoms with Gasteiger partial charge in [-0.05, 0) is 69.8 Å². The number of fused-ring (bicyclic) bond motifs is 3. The van der Waals surface area contributed by atoms with E-state index in [-0.39, 0.29) is 0 Å². The van der Waals surface area contributed by atoms with Crippen LogP contribution in [0.3, 0.4) is 0 Å². The van der Waals surface area contributed by atoms with Gasteiger partial charge in [0.05, 0.1) is 17.2 Å². The van der Waals surface area contributed by atoms with Gasteiger partial charge in [-0.15, -0.1) is 0 Å². The summed E-state index contributed by atoms with van der Waals surface area (Å²) in [6.07, 6.45) is 0. The first-order valence-electron chi connectivity index (χ1n) is 16.7. The summed E-state index contributed by atoms with van der Waals surface area (Å²) < 4.78 is 6.68. The Kier molecular flexibility index (Phi) is 7.46. The fraction of sp³-hybridized carbons (Fsp3) is 0. The van der Waals surface area contributed by atoms with Gasteiger partial charge in [-0.25, -0.2) is 15.0 Å². The van der Waals surface area contributed by atoms with Crippen molar-refractivity contribution in [3.63, 3.8) is 0 Å². The third-order valence-electron chi connectivity index (χ3n) is 9.19. The number of furan rings is 1. The molecule has 0 radical (unpaired) electrons. The fourth-order valence-corrected chi connectivity index (χ4v) is 6.66. The van der Waals surface area contributed by atoms with Crippen LogP contribution in [0.2, 0.25) is 0 Å². The molecule has 0 aliphatic heterocycles. The van der Waals surface area contributed by atoms with E-state index < -0.39 is 0 Å². The molecule has 0 unspecified atom stereocenters. The molecule has 0 fully saturated rings. The zero-order valence-corrected chi connectivity index (χ0v) is 27.4. The Morgan fingerprint density at radius 1 is 0.412 bits per heavy atom. The van der Waals surface area contributed by atoms with E-state index in [9.17, 15) is 5.26 Å². The van der Waals surface area contributed by atoms with E-state index in [0.717, 1.165) is 66.4 Å². The molecular weight excluding hydrogens is 625 g/mol. The Morgan fingerprint density at radius 2 is 0.961 bits per heavy atom. The van der Waals surface area contributed by atoms with Gasteiger partial charge in [0.1, 0.15) is 11.2 Å². The third kappa shape index (κ3) is 5.61. The van der Waals surface area contributed by atoms with Gasteiger partial charge < -0.3 is 4.42 Å². The van der Waals surface area contributed by atoms with Gasteiger partial charge in [-0.1, -0.05) is 133 Å². The number of nitriles is 1. The van der Waals surface area contributed by atoms with Crippen molar-refractivity contribution in [3.8, 4) is 73.6 Å². The molecule has 0 spiro atoms. The zero-order chi connectivity index (χ0) is 34.1. The molecule has 5 nitrogen and oxygen atoms in total. The molecule has 0 saturated carbocycles. The molecule has 0 amide bonds. The van der Waals surface area contributed by atoms with E-state index in [1.165, 1.54) is 0 Å². The van der Waals surface area contributed by atoms with E-state index in [4.69, 9.17) is 19.4 Å². The fourth-order valence-electron chi connectivity index (χ4n) is 6.66. The summed E-state index contributed by atoms with van der Waals surface area (Å²) in [7, 11) is 0. The normalized spacial score (nSPS) is 11.1. The monoisotopic (exact) mass is 652 g/mol. The summed E-state index contributed by atoms with van der Waals surface area (Å²) in [5.74, 6) is 1.67. The van der Waals surface area contributed by atoms with Gasteiger partial charge >= 0.3 is 0 Å². The van der Waals surface area contributed by atoms with Crippen LogP contribution in [0.5, 0.6) is 0 Å². The lowest BCUT2D eigenvalue weighted by molar-refractivity contribution is 0.669. The first-order valence-corrected chi connectivity index (χ1v) is 16.7. The summed E-state index contributed by atoms with van der Waals surface area (Å²) in [6.45, 7) is 0. The minimum Gasteiger partial charge on any atom is -0.455 e. The maximum atomic E-state index is 9.34. The van der Waals surface area contributed by atoms with Crippen molar-refractivity contribution in [1.29, 1.82) is 5.26 Å². The number of hydrogen-bond acceptors (Lipinski definition) is 5. The lowest BCUT2D eigenvalue weighted by atomic mass is 9.93. The molecule has 0 N–H and O–H groups in total. The molecule has 9 rings (SSSR count). The van der Waals surface area contributed by atoms with Crippen molar-refractivity contribution >= 4 is 21.9 Å². The molecule has 0 aliphatic rings. The first kappa shape index (κ1) is 29.9. The van der Waals surface area contributed by atoms with E-state index in [2.05, 4.69) is 72.8 Å². The van der Waals surface area contributed by atoms with Crippen molar-refractivity contribution in [1.82, 2.24) is 15.0 Å². The average Bonchev–Trinajstić information content (AvgIpc) is 3.60. The smallest absolute Gasteiger partial charge is 0.168 e. The molecule has 238 valence electrons. The number of benzene rings is 7. The number of rotatable bonds is 6. The first-order chi connectivity index (χ1) is 25.2. The molecule has 5 heteroatoms. The maximum Gasteiger partial charge on any atom is 0.168 e. The van der Waals surface area contributed by atoms with Gasteiger partial charge in [0.25, 0.3) is 0 Å². The van der Waals surface area contributed by atoms with Gasteiger partial charge in [0.15, 0.2) is 17.5 Å². The molecule has 0 atom stereocenters. The van der Waals surface area contributed by atoms with E-state index in [0.29, 0.717) is 28.6 Å². The second-order valence-corrected chi connectivity index (χ2v) is 12.4. The lowest BCUT2D eigenvalue weighted by Crippen LogP contribution is -2.01. The largest absolute Gasteiger partial charge is 0.455 e. The van der Waals surface area contributed by atoms with Crippen LogP contribution >= 0.6 is 0 Å². The topological polar surface area (TPSA) is 75.6 Å². The summed E-state index contributed by atoms with van der Waals surface area (Å²) in [4.78, 5) is 15.5. The summed E-state index contributed by atoms with van der Waals surface area (Å²) in [5.41, 5.74) is 10.9. The minimum absolute atomic E-state index is 0.521. The highest BCUT2D eigenvalue weighted by Crippen LogP contribution is 2.42. The maximum absolute atomic E-state index is 9.34. The Morgan fingerprint density at radius 3 is 1.69 bits per heavy atom. The Balaban J connectivity index is 1.30. The molecule has 2 aromatic heterocycles. The van der Waals surface area contributed by atoms with Crippen LogP contribution in [0.1, 0.15) is 5.56 Å². The predicted molar refractivity (Wildman–Crippen MR) is 204 cm³/mol.